The van der Waals surface area contributed by atoms with Gasteiger partial charge >= 0.3 is 5.97 Å². The van der Waals surface area contributed by atoms with Crippen LogP contribution in [0, 0.1) is 0 Å². The number of anilines is 2. The van der Waals surface area contributed by atoms with E-state index in [1.165, 1.54) is 4.90 Å². The van der Waals surface area contributed by atoms with E-state index in [1.54, 1.807) is 31.2 Å². The SMILES string of the molecule is CC1CC(=O)Nc2ccccc2N1C(=O)COC(=O)CCCOc1ccccc1. The van der Waals surface area contributed by atoms with Crippen molar-refractivity contribution in [3.63, 3.8) is 0 Å². The van der Waals surface area contributed by atoms with E-state index in [0.29, 0.717) is 24.4 Å². The Kier molecular flexibility index (Phi) is 6.84. The molecule has 1 heterocycles. The molecule has 2 aromatic carbocycles. The van der Waals surface area contributed by atoms with Crippen LogP contribution in [0.3, 0.4) is 0 Å². The molecule has 1 aliphatic heterocycles. The highest BCUT2D eigenvalue weighted by Crippen LogP contribution is 2.31. The first-order valence-corrected chi connectivity index (χ1v) is 9.59. The standard InChI is InChI=1S/C22H24N2O5/c1-16-14-20(25)23-18-10-5-6-11-19(18)24(16)21(26)15-29-22(27)12-7-13-28-17-8-3-2-4-9-17/h2-6,8-11,16H,7,12-15H2,1H3,(H,23,25). The van der Waals surface area contributed by atoms with E-state index in [4.69, 9.17) is 9.47 Å². The minimum atomic E-state index is -0.458. The largest absolute Gasteiger partial charge is 0.494 e. The molecule has 152 valence electrons. The maximum Gasteiger partial charge on any atom is 0.306 e. The summed E-state index contributed by atoms with van der Waals surface area (Å²) in [5, 5.41) is 2.80. The Labute approximate surface area is 169 Å². The summed E-state index contributed by atoms with van der Waals surface area (Å²) in [6, 6.07) is 16.1. The van der Waals surface area contributed by atoms with E-state index in [0.717, 1.165) is 5.75 Å². The lowest BCUT2D eigenvalue weighted by atomic mass is 10.1. The molecule has 0 aromatic heterocycles. The van der Waals surface area contributed by atoms with Gasteiger partial charge in [-0.3, -0.25) is 14.4 Å². The number of amides is 2. The molecule has 7 nitrogen and oxygen atoms in total. The third-order valence-corrected chi connectivity index (χ3v) is 4.52. The van der Waals surface area contributed by atoms with Gasteiger partial charge in [-0.15, -0.1) is 0 Å². The van der Waals surface area contributed by atoms with Gasteiger partial charge in [0.1, 0.15) is 5.75 Å². The molecule has 0 radical (unpaired) electrons. The van der Waals surface area contributed by atoms with Gasteiger partial charge < -0.3 is 19.7 Å². The maximum atomic E-state index is 12.7. The highest BCUT2D eigenvalue weighted by molar-refractivity contribution is 6.05. The number of benzene rings is 2. The first-order valence-electron chi connectivity index (χ1n) is 9.59. The van der Waals surface area contributed by atoms with Gasteiger partial charge in [-0.2, -0.15) is 0 Å². The van der Waals surface area contributed by atoms with Crippen molar-refractivity contribution in [2.75, 3.05) is 23.4 Å². The van der Waals surface area contributed by atoms with Crippen LogP contribution in [0.5, 0.6) is 5.75 Å². The molecule has 0 spiro atoms. The van der Waals surface area contributed by atoms with Crippen LogP contribution in [0.25, 0.3) is 0 Å². The molecule has 1 unspecified atom stereocenters. The molecule has 2 aromatic rings. The number of nitrogens with zero attached hydrogens (tertiary/aromatic N) is 1. The number of hydrogen-bond donors (Lipinski definition) is 1. The number of ether oxygens (including phenoxy) is 2. The number of carbonyl (C=O) groups excluding carboxylic acids is 3. The number of rotatable bonds is 7. The Hall–Kier alpha value is -3.35. The van der Waals surface area contributed by atoms with Crippen LogP contribution in [0.1, 0.15) is 26.2 Å². The average molecular weight is 396 g/mol. The fraction of sp³-hybridized carbons (Fsp3) is 0.318. The number of nitrogens with one attached hydrogen (secondary N) is 1. The summed E-state index contributed by atoms with van der Waals surface area (Å²) in [6.45, 7) is 1.81. The van der Waals surface area contributed by atoms with Gasteiger partial charge in [0.25, 0.3) is 5.91 Å². The normalized spacial score (nSPS) is 15.7. The Morgan fingerprint density at radius 1 is 1.10 bits per heavy atom. The van der Waals surface area contributed by atoms with Gasteiger partial charge in [0.15, 0.2) is 6.61 Å². The zero-order valence-electron chi connectivity index (χ0n) is 16.3. The molecule has 7 heteroatoms. The molecule has 0 saturated heterocycles. The first kappa shape index (κ1) is 20.4. The van der Waals surface area contributed by atoms with Gasteiger partial charge in [0, 0.05) is 18.9 Å². The lowest BCUT2D eigenvalue weighted by Crippen LogP contribution is -2.41. The molecule has 0 bridgehead atoms. The molecule has 0 fully saturated rings. The van der Waals surface area contributed by atoms with Gasteiger partial charge in [0.05, 0.1) is 18.0 Å². The molecule has 3 rings (SSSR count). The van der Waals surface area contributed by atoms with Crippen molar-refractivity contribution in [1.82, 2.24) is 0 Å². The molecule has 1 aliphatic rings. The van der Waals surface area contributed by atoms with Crippen molar-refractivity contribution in [2.45, 2.75) is 32.2 Å². The molecule has 0 saturated carbocycles. The van der Waals surface area contributed by atoms with E-state index in [1.807, 2.05) is 30.3 Å². The zero-order chi connectivity index (χ0) is 20.6. The monoisotopic (exact) mass is 396 g/mol. The Balaban J connectivity index is 1.49. The van der Waals surface area contributed by atoms with Crippen molar-refractivity contribution in [2.24, 2.45) is 0 Å². The second-order valence-electron chi connectivity index (χ2n) is 6.81. The third kappa shape index (κ3) is 5.57. The number of carbonyl (C=O) groups is 3. The fourth-order valence-corrected chi connectivity index (χ4v) is 3.18. The van der Waals surface area contributed by atoms with Crippen LogP contribution < -0.4 is 15.0 Å². The van der Waals surface area contributed by atoms with Gasteiger partial charge in [-0.1, -0.05) is 30.3 Å². The quantitative estimate of drug-likeness (QED) is 0.574. The van der Waals surface area contributed by atoms with Crippen LogP contribution in [-0.2, 0) is 19.1 Å². The summed E-state index contributed by atoms with van der Waals surface area (Å²) in [6.07, 6.45) is 0.820. The number of esters is 1. The first-order chi connectivity index (χ1) is 14.0. The van der Waals surface area contributed by atoms with Crippen LogP contribution in [0.15, 0.2) is 54.6 Å². The third-order valence-electron chi connectivity index (χ3n) is 4.52. The van der Waals surface area contributed by atoms with E-state index < -0.39 is 5.97 Å². The molecule has 29 heavy (non-hydrogen) atoms. The van der Waals surface area contributed by atoms with Crippen molar-refractivity contribution < 1.29 is 23.9 Å². The van der Waals surface area contributed by atoms with Gasteiger partial charge in [-0.05, 0) is 37.6 Å². The maximum absolute atomic E-state index is 12.7. The second-order valence-corrected chi connectivity index (χ2v) is 6.81. The minimum absolute atomic E-state index is 0.157. The van der Waals surface area contributed by atoms with Gasteiger partial charge in [-0.25, -0.2) is 0 Å². The molecular formula is C22H24N2O5. The molecule has 1 N–H and O–H groups in total. The van der Waals surface area contributed by atoms with Crippen molar-refractivity contribution in [1.29, 1.82) is 0 Å². The molecule has 2 amide bonds. The van der Waals surface area contributed by atoms with E-state index >= 15 is 0 Å². The number of fused-ring (bicyclic) bond motifs is 1. The predicted molar refractivity (Wildman–Crippen MR) is 109 cm³/mol. The molecular weight excluding hydrogens is 372 g/mol. The summed E-state index contributed by atoms with van der Waals surface area (Å²) in [4.78, 5) is 38.2. The second kappa shape index (κ2) is 9.73. The van der Waals surface area contributed by atoms with Crippen LogP contribution >= 0.6 is 0 Å². The Bertz CT molecular complexity index is 869. The smallest absolute Gasteiger partial charge is 0.306 e. The lowest BCUT2D eigenvalue weighted by Gasteiger charge is -2.27. The highest BCUT2D eigenvalue weighted by atomic mass is 16.5. The van der Waals surface area contributed by atoms with E-state index in [9.17, 15) is 14.4 Å². The van der Waals surface area contributed by atoms with Crippen LogP contribution in [0.4, 0.5) is 11.4 Å². The van der Waals surface area contributed by atoms with Crippen molar-refractivity contribution in [3.8, 4) is 5.75 Å². The summed E-state index contributed by atoms with van der Waals surface area (Å²) in [5.74, 6) is -0.237. The van der Waals surface area contributed by atoms with E-state index in [-0.39, 0.29) is 37.3 Å². The average Bonchev–Trinajstić information content (AvgIpc) is 2.84. The summed E-state index contributed by atoms with van der Waals surface area (Å²) < 4.78 is 10.7. The molecule has 0 aliphatic carbocycles. The zero-order valence-corrected chi connectivity index (χ0v) is 16.3. The summed E-state index contributed by atoms with van der Waals surface area (Å²) in [7, 11) is 0. The lowest BCUT2D eigenvalue weighted by molar-refractivity contribution is -0.148. The minimum Gasteiger partial charge on any atom is -0.494 e. The number of para-hydroxylation sites is 3. The molecule has 1 atom stereocenters. The number of hydrogen-bond acceptors (Lipinski definition) is 5. The predicted octanol–water partition coefficient (Wildman–Crippen LogP) is 3.15. The van der Waals surface area contributed by atoms with Crippen LogP contribution in [-0.4, -0.2) is 37.0 Å². The Morgan fingerprint density at radius 2 is 1.83 bits per heavy atom. The summed E-state index contributed by atoms with van der Waals surface area (Å²) >= 11 is 0. The summed E-state index contributed by atoms with van der Waals surface area (Å²) in [5.41, 5.74) is 1.17. The topological polar surface area (TPSA) is 84.9 Å². The van der Waals surface area contributed by atoms with Crippen LogP contribution in [0.2, 0.25) is 0 Å². The highest BCUT2D eigenvalue weighted by Gasteiger charge is 2.29. The fourth-order valence-electron chi connectivity index (χ4n) is 3.18. The van der Waals surface area contributed by atoms with Crippen molar-refractivity contribution >= 4 is 29.2 Å². The Morgan fingerprint density at radius 3 is 2.62 bits per heavy atom. The van der Waals surface area contributed by atoms with Gasteiger partial charge in [0.2, 0.25) is 5.91 Å². The van der Waals surface area contributed by atoms with E-state index in [2.05, 4.69) is 5.32 Å². The van der Waals surface area contributed by atoms with Crippen molar-refractivity contribution in [3.05, 3.63) is 54.6 Å².